The Hall–Kier alpha value is -1.97. The predicted molar refractivity (Wildman–Crippen MR) is 65.3 cm³/mol. The van der Waals surface area contributed by atoms with E-state index in [1.807, 2.05) is 18.2 Å². The van der Waals surface area contributed by atoms with Gasteiger partial charge >= 0.3 is 0 Å². The summed E-state index contributed by atoms with van der Waals surface area (Å²) in [5.41, 5.74) is 1.25. The number of rotatable bonds is 4. The second kappa shape index (κ2) is 5.39. The molecule has 0 fully saturated rings. The van der Waals surface area contributed by atoms with Crippen LogP contribution in [0.5, 0.6) is 0 Å². The van der Waals surface area contributed by atoms with Crippen LogP contribution >= 0.6 is 0 Å². The van der Waals surface area contributed by atoms with E-state index >= 15 is 0 Å². The fourth-order valence-electron chi connectivity index (χ4n) is 1.55. The number of aromatic nitrogens is 2. The van der Waals surface area contributed by atoms with Crippen LogP contribution in [-0.4, -0.2) is 16.5 Å². The van der Waals surface area contributed by atoms with E-state index in [4.69, 9.17) is 0 Å². The average Bonchev–Trinajstić information content (AvgIpc) is 2.39. The Morgan fingerprint density at radius 2 is 1.82 bits per heavy atom. The van der Waals surface area contributed by atoms with Crippen molar-refractivity contribution in [3.05, 3.63) is 54.1 Å². The van der Waals surface area contributed by atoms with E-state index in [-0.39, 0.29) is 0 Å². The standard InChI is InChI=1S/C13H14FN3/c1-10(11-5-3-2-4-6-11)7-15-13-16-8-12(14)9-17-13/h2-6,8-10H,7H2,1H3,(H,15,16,17). The Bertz CT molecular complexity index is 456. The van der Waals surface area contributed by atoms with Gasteiger partial charge in [-0.05, 0) is 11.5 Å². The molecule has 1 aromatic heterocycles. The van der Waals surface area contributed by atoms with Crippen molar-refractivity contribution in [2.45, 2.75) is 12.8 Å². The fraction of sp³-hybridized carbons (Fsp3) is 0.231. The molecule has 0 radical (unpaired) electrons. The molecular formula is C13H14FN3. The van der Waals surface area contributed by atoms with Crippen molar-refractivity contribution in [3.63, 3.8) is 0 Å². The highest BCUT2D eigenvalue weighted by Crippen LogP contribution is 2.14. The first-order chi connectivity index (χ1) is 8.25. The van der Waals surface area contributed by atoms with E-state index in [1.54, 1.807) is 0 Å². The van der Waals surface area contributed by atoms with Crippen molar-refractivity contribution < 1.29 is 4.39 Å². The molecule has 17 heavy (non-hydrogen) atoms. The number of hydrogen-bond donors (Lipinski definition) is 1. The third-order valence-electron chi connectivity index (χ3n) is 2.56. The van der Waals surface area contributed by atoms with Crippen LogP contribution in [0.4, 0.5) is 10.3 Å². The van der Waals surface area contributed by atoms with Crippen molar-refractivity contribution in [1.29, 1.82) is 0 Å². The van der Waals surface area contributed by atoms with Crippen LogP contribution in [0.25, 0.3) is 0 Å². The van der Waals surface area contributed by atoms with Gasteiger partial charge in [0.25, 0.3) is 0 Å². The quantitative estimate of drug-likeness (QED) is 0.879. The molecule has 3 nitrogen and oxygen atoms in total. The van der Waals surface area contributed by atoms with E-state index in [2.05, 4.69) is 34.3 Å². The number of benzene rings is 1. The highest BCUT2D eigenvalue weighted by molar-refractivity contribution is 5.26. The van der Waals surface area contributed by atoms with Crippen molar-refractivity contribution in [3.8, 4) is 0 Å². The van der Waals surface area contributed by atoms with Crippen LogP contribution in [0.2, 0.25) is 0 Å². The SMILES string of the molecule is CC(CNc1ncc(F)cn1)c1ccccc1. The first kappa shape index (κ1) is 11.5. The van der Waals surface area contributed by atoms with E-state index in [0.717, 1.165) is 18.9 Å². The Balaban J connectivity index is 1.92. The molecule has 0 aliphatic carbocycles. The molecular weight excluding hydrogens is 217 g/mol. The van der Waals surface area contributed by atoms with Gasteiger partial charge in [-0.25, -0.2) is 14.4 Å². The lowest BCUT2D eigenvalue weighted by atomic mass is 10.0. The molecule has 2 rings (SSSR count). The summed E-state index contributed by atoms with van der Waals surface area (Å²) in [6.07, 6.45) is 2.31. The molecule has 0 bridgehead atoms. The van der Waals surface area contributed by atoms with Gasteiger partial charge in [-0.15, -0.1) is 0 Å². The minimum atomic E-state index is -0.424. The van der Waals surface area contributed by atoms with Gasteiger partial charge in [0.1, 0.15) is 0 Å². The number of hydrogen-bond acceptors (Lipinski definition) is 3. The second-order valence-corrected chi connectivity index (χ2v) is 3.92. The Kier molecular flexibility index (Phi) is 3.65. The van der Waals surface area contributed by atoms with Gasteiger partial charge in [0.2, 0.25) is 5.95 Å². The zero-order valence-corrected chi connectivity index (χ0v) is 9.60. The van der Waals surface area contributed by atoms with Crippen molar-refractivity contribution >= 4 is 5.95 Å². The lowest BCUT2D eigenvalue weighted by Crippen LogP contribution is -2.11. The summed E-state index contributed by atoms with van der Waals surface area (Å²) in [6.45, 7) is 2.83. The Labute approximate surface area is 99.7 Å². The average molecular weight is 231 g/mol. The molecule has 1 atom stereocenters. The Morgan fingerprint density at radius 3 is 2.47 bits per heavy atom. The molecule has 2 aromatic rings. The highest BCUT2D eigenvalue weighted by atomic mass is 19.1. The van der Waals surface area contributed by atoms with Crippen molar-refractivity contribution in [1.82, 2.24) is 9.97 Å². The van der Waals surface area contributed by atoms with E-state index in [9.17, 15) is 4.39 Å². The maximum atomic E-state index is 12.6. The molecule has 0 saturated heterocycles. The molecule has 0 aliphatic heterocycles. The minimum absolute atomic E-state index is 0.352. The molecule has 0 spiro atoms. The van der Waals surface area contributed by atoms with Gasteiger partial charge in [-0.1, -0.05) is 37.3 Å². The molecule has 1 heterocycles. The summed E-state index contributed by atoms with van der Waals surface area (Å²) in [7, 11) is 0. The summed E-state index contributed by atoms with van der Waals surface area (Å²) in [5, 5.41) is 3.08. The number of anilines is 1. The van der Waals surface area contributed by atoms with E-state index in [1.165, 1.54) is 5.56 Å². The monoisotopic (exact) mass is 231 g/mol. The third-order valence-corrected chi connectivity index (χ3v) is 2.56. The van der Waals surface area contributed by atoms with Crippen LogP contribution in [0.3, 0.4) is 0 Å². The van der Waals surface area contributed by atoms with Gasteiger partial charge in [0.05, 0.1) is 12.4 Å². The van der Waals surface area contributed by atoms with Gasteiger partial charge < -0.3 is 5.32 Å². The summed E-state index contributed by atoms with van der Waals surface area (Å²) in [5.74, 6) is 0.380. The van der Waals surface area contributed by atoms with Crippen LogP contribution < -0.4 is 5.32 Å². The number of nitrogens with one attached hydrogen (secondary N) is 1. The summed E-state index contributed by atoms with van der Waals surface area (Å²) < 4.78 is 12.6. The summed E-state index contributed by atoms with van der Waals surface area (Å²) in [6, 6.07) is 10.2. The van der Waals surface area contributed by atoms with Gasteiger partial charge in [0.15, 0.2) is 5.82 Å². The topological polar surface area (TPSA) is 37.8 Å². The fourth-order valence-corrected chi connectivity index (χ4v) is 1.55. The maximum Gasteiger partial charge on any atom is 0.222 e. The highest BCUT2D eigenvalue weighted by Gasteiger charge is 2.05. The van der Waals surface area contributed by atoms with Crippen molar-refractivity contribution in [2.75, 3.05) is 11.9 Å². The molecule has 1 N–H and O–H groups in total. The molecule has 0 saturated carbocycles. The van der Waals surface area contributed by atoms with Crippen LogP contribution in [0.1, 0.15) is 18.4 Å². The number of nitrogens with zero attached hydrogens (tertiary/aromatic N) is 2. The molecule has 0 amide bonds. The first-order valence-electron chi connectivity index (χ1n) is 5.52. The van der Waals surface area contributed by atoms with Gasteiger partial charge in [0, 0.05) is 6.54 Å². The van der Waals surface area contributed by atoms with E-state index < -0.39 is 5.82 Å². The number of halogens is 1. The van der Waals surface area contributed by atoms with Crippen molar-refractivity contribution in [2.24, 2.45) is 0 Å². The van der Waals surface area contributed by atoms with Gasteiger partial charge in [-0.3, -0.25) is 0 Å². The predicted octanol–water partition coefficient (Wildman–Crippen LogP) is 2.83. The van der Waals surface area contributed by atoms with Crippen LogP contribution in [-0.2, 0) is 0 Å². The summed E-state index contributed by atoms with van der Waals surface area (Å²) >= 11 is 0. The lowest BCUT2D eigenvalue weighted by molar-refractivity contribution is 0.613. The molecule has 1 aromatic carbocycles. The summed E-state index contributed by atoms with van der Waals surface area (Å²) in [4.78, 5) is 7.69. The zero-order valence-electron chi connectivity index (χ0n) is 9.60. The van der Waals surface area contributed by atoms with Crippen LogP contribution in [0.15, 0.2) is 42.7 Å². The Morgan fingerprint density at radius 1 is 1.18 bits per heavy atom. The molecule has 88 valence electrons. The zero-order chi connectivity index (χ0) is 12.1. The third kappa shape index (κ3) is 3.24. The normalized spacial score (nSPS) is 12.1. The lowest BCUT2D eigenvalue weighted by Gasteiger charge is -2.12. The maximum absolute atomic E-state index is 12.6. The smallest absolute Gasteiger partial charge is 0.222 e. The molecule has 0 aliphatic rings. The largest absolute Gasteiger partial charge is 0.354 e. The van der Waals surface area contributed by atoms with E-state index in [0.29, 0.717) is 11.9 Å². The molecule has 1 unspecified atom stereocenters. The first-order valence-corrected chi connectivity index (χ1v) is 5.52. The minimum Gasteiger partial charge on any atom is -0.354 e. The van der Waals surface area contributed by atoms with Crippen LogP contribution in [0, 0.1) is 5.82 Å². The second-order valence-electron chi connectivity index (χ2n) is 3.92. The van der Waals surface area contributed by atoms with Gasteiger partial charge in [-0.2, -0.15) is 0 Å². The molecule has 4 heteroatoms.